The van der Waals surface area contributed by atoms with Crippen LogP contribution >= 0.6 is 0 Å². The van der Waals surface area contributed by atoms with Gasteiger partial charge in [-0.2, -0.15) is 0 Å². The molecule has 0 unspecified atom stereocenters. The van der Waals surface area contributed by atoms with Gasteiger partial charge in [0.2, 0.25) is 0 Å². The third-order valence-corrected chi connectivity index (χ3v) is 5.32. The first-order chi connectivity index (χ1) is 13.3. The summed E-state index contributed by atoms with van der Waals surface area (Å²) < 4.78 is 11.5. The first kappa shape index (κ1) is 16.0. The Bertz CT molecular complexity index is 1170. The fourth-order valence-electron chi connectivity index (χ4n) is 4.01. The smallest absolute Gasteiger partial charge is 0.131 e. The van der Waals surface area contributed by atoms with Gasteiger partial charge in [0.05, 0.1) is 13.7 Å². The van der Waals surface area contributed by atoms with Crippen LogP contribution in [0.3, 0.4) is 0 Å². The van der Waals surface area contributed by atoms with Gasteiger partial charge in [0, 0.05) is 17.6 Å². The van der Waals surface area contributed by atoms with E-state index in [-0.39, 0.29) is 0 Å². The fourth-order valence-corrected chi connectivity index (χ4v) is 4.01. The van der Waals surface area contributed by atoms with Crippen molar-refractivity contribution in [2.24, 2.45) is 0 Å². The van der Waals surface area contributed by atoms with Gasteiger partial charge in [0.1, 0.15) is 11.5 Å². The van der Waals surface area contributed by atoms with Crippen LogP contribution in [0.4, 0.5) is 0 Å². The van der Waals surface area contributed by atoms with Crippen molar-refractivity contribution in [3.63, 3.8) is 0 Å². The summed E-state index contributed by atoms with van der Waals surface area (Å²) in [5.74, 6) is 1.87. The molecule has 0 amide bonds. The van der Waals surface area contributed by atoms with E-state index in [1.54, 1.807) is 7.11 Å². The van der Waals surface area contributed by atoms with E-state index in [2.05, 4.69) is 66.7 Å². The monoisotopic (exact) mass is 352 g/mol. The summed E-state index contributed by atoms with van der Waals surface area (Å²) in [7, 11) is 1.69. The second kappa shape index (κ2) is 6.48. The van der Waals surface area contributed by atoms with Gasteiger partial charge < -0.3 is 9.47 Å². The molecular weight excluding hydrogens is 332 g/mol. The van der Waals surface area contributed by atoms with Crippen LogP contribution in [0.15, 0.2) is 78.9 Å². The Morgan fingerprint density at radius 2 is 1.48 bits per heavy atom. The van der Waals surface area contributed by atoms with E-state index < -0.39 is 0 Å². The molecule has 132 valence electrons. The number of benzene rings is 4. The van der Waals surface area contributed by atoms with E-state index in [0.29, 0.717) is 0 Å². The number of rotatable bonds is 3. The lowest BCUT2D eigenvalue weighted by atomic mass is 9.93. The Hall–Kier alpha value is -3.26. The Kier molecular flexibility index (Phi) is 3.83. The highest BCUT2D eigenvalue weighted by Gasteiger charge is 2.22. The predicted molar refractivity (Wildman–Crippen MR) is 112 cm³/mol. The van der Waals surface area contributed by atoms with Crippen LogP contribution in [0.25, 0.3) is 32.9 Å². The quantitative estimate of drug-likeness (QED) is 0.403. The van der Waals surface area contributed by atoms with Gasteiger partial charge >= 0.3 is 0 Å². The standard InChI is InChI=1S/C25H20O2/c1-26-19-12-10-17(11-13-19)21-14-15-27-25(21)24-16-18-6-2-3-7-20(18)22-8-4-5-9-23(22)24/h2-13,16H,14-15H2,1H3. The summed E-state index contributed by atoms with van der Waals surface area (Å²) in [6.45, 7) is 0.720. The van der Waals surface area contributed by atoms with Crippen LogP contribution in [0.1, 0.15) is 17.5 Å². The van der Waals surface area contributed by atoms with Crippen molar-refractivity contribution < 1.29 is 9.47 Å². The van der Waals surface area contributed by atoms with Crippen LogP contribution in [-0.4, -0.2) is 13.7 Å². The van der Waals surface area contributed by atoms with Crippen LogP contribution in [0, 0.1) is 0 Å². The minimum Gasteiger partial charge on any atom is -0.497 e. The topological polar surface area (TPSA) is 18.5 Å². The molecule has 4 aromatic carbocycles. The summed E-state index contributed by atoms with van der Waals surface area (Å²) in [4.78, 5) is 0. The highest BCUT2D eigenvalue weighted by atomic mass is 16.5. The van der Waals surface area contributed by atoms with E-state index in [4.69, 9.17) is 9.47 Å². The van der Waals surface area contributed by atoms with E-state index >= 15 is 0 Å². The second-order valence-electron chi connectivity index (χ2n) is 6.83. The summed E-state index contributed by atoms with van der Waals surface area (Å²) in [6.07, 6.45) is 0.919. The number of hydrogen-bond donors (Lipinski definition) is 0. The lowest BCUT2D eigenvalue weighted by Gasteiger charge is -2.13. The van der Waals surface area contributed by atoms with Gasteiger partial charge in [-0.05, 0) is 45.3 Å². The molecular formula is C25H20O2. The summed E-state index contributed by atoms with van der Waals surface area (Å²) in [6, 6.07) is 27.7. The largest absolute Gasteiger partial charge is 0.497 e. The molecule has 0 atom stereocenters. The normalized spacial score (nSPS) is 14.0. The first-order valence-corrected chi connectivity index (χ1v) is 9.26. The molecule has 1 aliphatic heterocycles. The van der Waals surface area contributed by atoms with Gasteiger partial charge in [0.25, 0.3) is 0 Å². The maximum Gasteiger partial charge on any atom is 0.131 e. The average Bonchev–Trinajstić information content (AvgIpc) is 3.23. The molecule has 27 heavy (non-hydrogen) atoms. The van der Waals surface area contributed by atoms with Crippen molar-refractivity contribution in [3.8, 4) is 5.75 Å². The minimum atomic E-state index is 0.720. The van der Waals surface area contributed by atoms with Gasteiger partial charge in [-0.25, -0.2) is 0 Å². The molecule has 0 fully saturated rings. The number of hydrogen-bond acceptors (Lipinski definition) is 2. The van der Waals surface area contributed by atoms with Crippen molar-refractivity contribution in [1.82, 2.24) is 0 Å². The number of ether oxygens (including phenoxy) is 2. The van der Waals surface area contributed by atoms with Crippen LogP contribution in [0.2, 0.25) is 0 Å². The summed E-state index contributed by atoms with van der Waals surface area (Å²) in [5, 5.41) is 5.02. The first-order valence-electron chi connectivity index (χ1n) is 9.26. The molecule has 5 rings (SSSR count). The lowest BCUT2D eigenvalue weighted by Crippen LogP contribution is -1.92. The molecule has 0 aliphatic carbocycles. The Morgan fingerprint density at radius 3 is 2.26 bits per heavy atom. The summed E-state index contributed by atoms with van der Waals surface area (Å²) >= 11 is 0. The average molecular weight is 352 g/mol. The maximum absolute atomic E-state index is 6.17. The van der Waals surface area contributed by atoms with Crippen LogP contribution in [-0.2, 0) is 4.74 Å². The van der Waals surface area contributed by atoms with Gasteiger partial charge in [-0.1, -0.05) is 60.7 Å². The predicted octanol–water partition coefficient (Wildman–Crippen LogP) is 6.29. The SMILES string of the molecule is COc1ccc(C2=C(c3cc4ccccc4c4ccccc34)OCC2)cc1. The molecule has 0 saturated heterocycles. The molecule has 2 heteroatoms. The third-order valence-electron chi connectivity index (χ3n) is 5.32. The Balaban J connectivity index is 1.77. The molecule has 0 N–H and O–H groups in total. The molecule has 1 heterocycles. The van der Waals surface area contributed by atoms with Gasteiger partial charge in [-0.15, -0.1) is 0 Å². The van der Waals surface area contributed by atoms with Crippen LogP contribution in [0.5, 0.6) is 5.75 Å². The van der Waals surface area contributed by atoms with E-state index in [1.807, 2.05) is 12.1 Å². The zero-order valence-corrected chi connectivity index (χ0v) is 15.2. The van der Waals surface area contributed by atoms with E-state index in [1.165, 1.54) is 38.2 Å². The van der Waals surface area contributed by atoms with Crippen molar-refractivity contribution in [2.45, 2.75) is 6.42 Å². The Morgan fingerprint density at radius 1 is 0.778 bits per heavy atom. The van der Waals surface area contributed by atoms with Crippen LogP contribution < -0.4 is 4.74 Å². The third kappa shape index (κ3) is 2.65. The molecule has 1 aliphatic rings. The highest BCUT2D eigenvalue weighted by Crippen LogP contribution is 2.40. The number of methoxy groups -OCH3 is 1. The van der Waals surface area contributed by atoms with Crippen molar-refractivity contribution in [1.29, 1.82) is 0 Å². The molecule has 0 bridgehead atoms. The van der Waals surface area contributed by atoms with Crippen molar-refractivity contribution in [2.75, 3.05) is 13.7 Å². The molecule has 0 radical (unpaired) electrons. The molecule has 4 aromatic rings. The van der Waals surface area contributed by atoms with Gasteiger partial charge in [-0.3, -0.25) is 0 Å². The number of fused-ring (bicyclic) bond motifs is 3. The fraction of sp³-hybridized carbons (Fsp3) is 0.120. The summed E-state index contributed by atoms with van der Waals surface area (Å²) in [5.41, 5.74) is 3.63. The van der Waals surface area contributed by atoms with Crippen molar-refractivity contribution in [3.05, 3.63) is 90.0 Å². The zero-order valence-electron chi connectivity index (χ0n) is 15.2. The molecule has 0 spiro atoms. The molecule has 2 nitrogen and oxygen atoms in total. The highest BCUT2D eigenvalue weighted by molar-refractivity contribution is 6.13. The maximum atomic E-state index is 6.17. The van der Waals surface area contributed by atoms with E-state index in [9.17, 15) is 0 Å². The Labute approximate surface area is 158 Å². The van der Waals surface area contributed by atoms with Crippen molar-refractivity contribution >= 4 is 32.9 Å². The second-order valence-corrected chi connectivity index (χ2v) is 6.83. The molecule has 0 saturated carbocycles. The lowest BCUT2D eigenvalue weighted by molar-refractivity contribution is 0.308. The van der Waals surface area contributed by atoms with Gasteiger partial charge in [0.15, 0.2) is 0 Å². The van der Waals surface area contributed by atoms with E-state index in [0.717, 1.165) is 24.5 Å². The zero-order chi connectivity index (χ0) is 18.2. The minimum absolute atomic E-state index is 0.720. The molecule has 0 aromatic heterocycles.